The number of hydrogen-bond acceptors (Lipinski definition) is 6. The molecule has 0 aromatic heterocycles. The maximum absolute atomic E-state index is 11.1. The Bertz CT molecular complexity index is 803. The number of rotatable bonds is 8. The van der Waals surface area contributed by atoms with Crippen molar-refractivity contribution in [1.29, 1.82) is 0 Å². The fourth-order valence-corrected chi connectivity index (χ4v) is 4.05. The molecule has 2 atom stereocenters. The number of para-hydroxylation sites is 1. The highest BCUT2D eigenvalue weighted by molar-refractivity contribution is 7.99. The molecular weight excluding hydrogens is 390 g/mol. The number of carboxylic acid groups (broad SMARTS) is 1. The van der Waals surface area contributed by atoms with Crippen LogP contribution in [0, 0.1) is 0 Å². The largest absolute Gasteiger partial charge is 0.493 e. The van der Waals surface area contributed by atoms with Gasteiger partial charge in [0.1, 0.15) is 25.0 Å². The zero-order valence-electron chi connectivity index (χ0n) is 14.7. The van der Waals surface area contributed by atoms with Crippen LogP contribution in [0.4, 0.5) is 0 Å². The van der Waals surface area contributed by atoms with Gasteiger partial charge in [0.05, 0.1) is 17.5 Å². The van der Waals surface area contributed by atoms with Crippen molar-refractivity contribution < 1.29 is 24.1 Å². The lowest BCUT2D eigenvalue weighted by molar-refractivity contribution is -0.138. The monoisotopic (exact) mass is 409 g/mol. The minimum Gasteiger partial charge on any atom is -0.493 e. The summed E-state index contributed by atoms with van der Waals surface area (Å²) >= 11 is 7.60. The lowest BCUT2D eigenvalue weighted by atomic mass is 10.2. The summed E-state index contributed by atoms with van der Waals surface area (Å²) in [6.45, 7) is 0.674. The first kappa shape index (κ1) is 19.7. The second kappa shape index (κ2) is 9.21. The molecule has 0 aliphatic carbocycles. The smallest absolute Gasteiger partial charge is 0.321 e. The topological polar surface area (TPSA) is 77.0 Å². The Morgan fingerprint density at radius 1 is 1.19 bits per heavy atom. The standard InChI is InChI=1S/C19H20ClNO5S/c1-24-17-10-12(18-21-14(11-27-18)19(22)23)6-7-16(17)26-9-8-25-15-5-3-2-4-13(15)20/h2-7,10,14,18,21H,8-9,11H2,1H3,(H,22,23). The molecule has 2 unspecified atom stereocenters. The van der Waals surface area contributed by atoms with Crippen LogP contribution in [0.15, 0.2) is 42.5 Å². The third-order valence-electron chi connectivity index (χ3n) is 4.01. The highest BCUT2D eigenvalue weighted by Crippen LogP contribution is 2.37. The van der Waals surface area contributed by atoms with Crippen LogP contribution in [-0.4, -0.2) is 43.2 Å². The zero-order chi connectivity index (χ0) is 19.2. The van der Waals surface area contributed by atoms with E-state index in [2.05, 4.69) is 5.32 Å². The summed E-state index contributed by atoms with van der Waals surface area (Å²) in [5, 5.41) is 12.7. The van der Waals surface area contributed by atoms with E-state index >= 15 is 0 Å². The lowest BCUT2D eigenvalue weighted by Gasteiger charge is -2.16. The molecule has 3 rings (SSSR count). The number of methoxy groups -OCH3 is 1. The number of carbonyl (C=O) groups is 1. The molecule has 2 aromatic carbocycles. The number of carboxylic acids is 1. The van der Waals surface area contributed by atoms with Crippen molar-refractivity contribution in [2.75, 3.05) is 26.1 Å². The molecule has 1 heterocycles. The molecule has 6 nitrogen and oxygen atoms in total. The van der Waals surface area contributed by atoms with Gasteiger partial charge in [0.15, 0.2) is 11.5 Å². The summed E-state index contributed by atoms with van der Waals surface area (Å²) in [5.74, 6) is 1.49. The van der Waals surface area contributed by atoms with Crippen LogP contribution in [0.5, 0.6) is 17.2 Å². The summed E-state index contributed by atoms with van der Waals surface area (Å²) in [6, 6.07) is 12.3. The fraction of sp³-hybridized carbons (Fsp3) is 0.316. The van der Waals surface area contributed by atoms with Crippen LogP contribution >= 0.6 is 23.4 Å². The molecule has 144 valence electrons. The minimum absolute atomic E-state index is 0.0856. The van der Waals surface area contributed by atoms with E-state index in [9.17, 15) is 4.79 Å². The van der Waals surface area contributed by atoms with Gasteiger partial charge in [-0.3, -0.25) is 10.1 Å². The highest BCUT2D eigenvalue weighted by Gasteiger charge is 2.30. The third kappa shape index (κ3) is 5.00. The summed E-state index contributed by atoms with van der Waals surface area (Å²) in [7, 11) is 1.57. The SMILES string of the molecule is COc1cc(C2NC(C(=O)O)CS2)ccc1OCCOc1ccccc1Cl. The van der Waals surface area contributed by atoms with E-state index < -0.39 is 12.0 Å². The molecular formula is C19H20ClNO5S. The molecule has 27 heavy (non-hydrogen) atoms. The highest BCUT2D eigenvalue weighted by atomic mass is 35.5. The van der Waals surface area contributed by atoms with Crippen molar-refractivity contribution in [2.45, 2.75) is 11.4 Å². The summed E-state index contributed by atoms with van der Waals surface area (Å²) in [6.07, 6.45) is 0. The normalized spacial score (nSPS) is 18.9. The summed E-state index contributed by atoms with van der Waals surface area (Å²) in [5.41, 5.74) is 0.945. The van der Waals surface area contributed by atoms with Crippen molar-refractivity contribution in [1.82, 2.24) is 5.32 Å². The third-order valence-corrected chi connectivity index (χ3v) is 5.59. The maximum Gasteiger partial charge on any atom is 0.321 e. The quantitative estimate of drug-likeness (QED) is 0.645. The first-order valence-electron chi connectivity index (χ1n) is 8.37. The van der Waals surface area contributed by atoms with Crippen molar-refractivity contribution >= 4 is 29.3 Å². The molecule has 0 amide bonds. The number of aliphatic carboxylic acids is 1. The number of ether oxygens (including phenoxy) is 3. The molecule has 1 aliphatic rings. The van der Waals surface area contributed by atoms with Crippen LogP contribution in [0.1, 0.15) is 10.9 Å². The zero-order valence-corrected chi connectivity index (χ0v) is 16.3. The van der Waals surface area contributed by atoms with Crippen molar-refractivity contribution in [3.63, 3.8) is 0 Å². The predicted octanol–water partition coefficient (Wildman–Crippen LogP) is 3.59. The molecule has 8 heteroatoms. The number of thioether (sulfide) groups is 1. The number of hydrogen-bond donors (Lipinski definition) is 2. The van der Waals surface area contributed by atoms with E-state index in [4.69, 9.17) is 30.9 Å². The van der Waals surface area contributed by atoms with Gasteiger partial charge in [-0.05, 0) is 29.8 Å². The fourth-order valence-electron chi connectivity index (χ4n) is 2.64. The van der Waals surface area contributed by atoms with Crippen LogP contribution in [-0.2, 0) is 4.79 Å². The van der Waals surface area contributed by atoms with E-state index in [1.54, 1.807) is 31.0 Å². The maximum atomic E-state index is 11.1. The van der Waals surface area contributed by atoms with Gasteiger partial charge in [0.2, 0.25) is 0 Å². The van der Waals surface area contributed by atoms with Gasteiger partial charge in [-0.1, -0.05) is 29.8 Å². The van der Waals surface area contributed by atoms with Gasteiger partial charge in [-0.15, -0.1) is 11.8 Å². The molecule has 1 fully saturated rings. The van der Waals surface area contributed by atoms with Crippen LogP contribution in [0.3, 0.4) is 0 Å². The van der Waals surface area contributed by atoms with Crippen molar-refractivity contribution in [3.8, 4) is 17.2 Å². The van der Waals surface area contributed by atoms with Crippen molar-refractivity contribution in [3.05, 3.63) is 53.1 Å². The van der Waals surface area contributed by atoms with Gasteiger partial charge >= 0.3 is 5.97 Å². The van der Waals surface area contributed by atoms with Gasteiger partial charge in [0, 0.05) is 5.75 Å². The Morgan fingerprint density at radius 2 is 1.93 bits per heavy atom. The van der Waals surface area contributed by atoms with Gasteiger partial charge < -0.3 is 19.3 Å². The Kier molecular flexibility index (Phi) is 6.71. The molecule has 0 bridgehead atoms. The first-order chi connectivity index (χ1) is 13.1. The molecule has 0 saturated carbocycles. The molecule has 0 spiro atoms. The van der Waals surface area contributed by atoms with Gasteiger partial charge in [-0.2, -0.15) is 0 Å². The average Bonchev–Trinajstić information content (AvgIpc) is 3.17. The Balaban J connectivity index is 1.56. The van der Waals surface area contributed by atoms with E-state index in [1.807, 2.05) is 30.3 Å². The van der Waals surface area contributed by atoms with E-state index in [-0.39, 0.29) is 5.37 Å². The Hall–Kier alpha value is -2.09. The summed E-state index contributed by atoms with van der Waals surface area (Å²) < 4.78 is 16.8. The Morgan fingerprint density at radius 3 is 2.59 bits per heavy atom. The van der Waals surface area contributed by atoms with Crippen LogP contribution in [0.2, 0.25) is 5.02 Å². The van der Waals surface area contributed by atoms with Crippen molar-refractivity contribution in [2.24, 2.45) is 0 Å². The minimum atomic E-state index is -0.838. The number of halogens is 1. The van der Waals surface area contributed by atoms with E-state index in [0.717, 1.165) is 5.56 Å². The average molecular weight is 410 g/mol. The van der Waals surface area contributed by atoms with Crippen LogP contribution in [0.25, 0.3) is 0 Å². The molecule has 1 aliphatic heterocycles. The van der Waals surface area contributed by atoms with Gasteiger partial charge in [-0.25, -0.2) is 0 Å². The van der Waals surface area contributed by atoms with E-state index in [0.29, 0.717) is 41.2 Å². The first-order valence-corrected chi connectivity index (χ1v) is 9.79. The number of nitrogens with one attached hydrogen (secondary N) is 1. The molecule has 2 aromatic rings. The van der Waals surface area contributed by atoms with E-state index in [1.165, 1.54) is 0 Å². The van der Waals surface area contributed by atoms with Crippen LogP contribution < -0.4 is 19.5 Å². The lowest BCUT2D eigenvalue weighted by Crippen LogP contribution is -2.33. The second-order valence-corrected chi connectivity index (χ2v) is 7.35. The molecule has 1 saturated heterocycles. The molecule has 2 N–H and O–H groups in total. The second-order valence-electron chi connectivity index (χ2n) is 5.81. The predicted molar refractivity (Wildman–Crippen MR) is 105 cm³/mol. The molecule has 0 radical (unpaired) electrons. The summed E-state index contributed by atoms with van der Waals surface area (Å²) in [4.78, 5) is 11.1. The Labute approximate surface area is 166 Å². The number of benzene rings is 2. The van der Waals surface area contributed by atoms with Gasteiger partial charge in [0.25, 0.3) is 0 Å².